The van der Waals surface area contributed by atoms with Crippen LogP contribution in [0.2, 0.25) is 0 Å². The molecule has 1 aliphatic heterocycles. The number of rotatable bonds is 3. The van der Waals surface area contributed by atoms with Gasteiger partial charge in [0.2, 0.25) is 6.79 Å². The first-order valence-corrected chi connectivity index (χ1v) is 7.28. The molecule has 0 saturated carbocycles. The van der Waals surface area contributed by atoms with Gasteiger partial charge in [0.05, 0.1) is 17.3 Å². The quantitative estimate of drug-likeness (QED) is 0.792. The first-order chi connectivity index (χ1) is 10.8. The van der Waals surface area contributed by atoms with Crippen LogP contribution in [0.4, 0.5) is 0 Å². The maximum Gasteiger partial charge on any atom is 0.253 e. The van der Waals surface area contributed by atoms with Crippen LogP contribution in [-0.2, 0) is 6.54 Å². The van der Waals surface area contributed by atoms with Gasteiger partial charge in [-0.05, 0) is 23.8 Å². The van der Waals surface area contributed by atoms with Gasteiger partial charge in [-0.3, -0.25) is 4.79 Å². The average molecular weight is 314 g/mol. The lowest BCUT2D eigenvalue weighted by Crippen LogP contribution is -2.22. The molecule has 0 unspecified atom stereocenters. The summed E-state index contributed by atoms with van der Waals surface area (Å²) in [6.07, 6.45) is 1.50. The summed E-state index contributed by atoms with van der Waals surface area (Å²) in [6.45, 7) is 0.626. The fraction of sp³-hybridized carbons (Fsp3) is 0.143. The summed E-state index contributed by atoms with van der Waals surface area (Å²) in [6, 6.07) is 7.26. The van der Waals surface area contributed by atoms with Gasteiger partial charge in [-0.2, -0.15) is 8.75 Å². The Balaban J connectivity index is 1.47. The molecule has 1 aliphatic rings. The number of hydrogen-bond donors (Lipinski definition) is 1. The summed E-state index contributed by atoms with van der Waals surface area (Å²) in [4.78, 5) is 16.3. The second-order valence-electron chi connectivity index (χ2n) is 4.70. The number of amides is 1. The number of nitrogens with zero attached hydrogens (tertiary/aromatic N) is 3. The number of fused-ring (bicyclic) bond motifs is 2. The zero-order valence-corrected chi connectivity index (χ0v) is 12.1. The minimum atomic E-state index is -0.208. The van der Waals surface area contributed by atoms with Gasteiger partial charge in [0.25, 0.3) is 5.91 Å². The van der Waals surface area contributed by atoms with Crippen LogP contribution >= 0.6 is 11.7 Å². The van der Waals surface area contributed by atoms with Crippen molar-refractivity contribution in [3.63, 3.8) is 0 Å². The molecule has 4 rings (SSSR count). The maximum absolute atomic E-state index is 12.2. The molecule has 0 radical (unpaired) electrons. The number of pyridine rings is 1. The number of benzene rings is 1. The first kappa shape index (κ1) is 13.0. The minimum Gasteiger partial charge on any atom is -0.454 e. The van der Waals surface area contributed by atoms with Crippen molar-refractivity contribution in [1.82, 2.24) is 19.0 Å². The predicted octanol–water partition coefficient (Wildman–Crippen LogP) is 1.74. The number of carbonyl (C=O) groups excluding carboxylic acids is 1. The van der Waals surface area contributed by atoms with E-state index in [9.17, 15) is 4.79 Å². The van der Waals surface area contributed by atoms with Crippen LogP contribution in [0.25, 0.3) is 11.2 Å². The van der Waals surface area contributed by atoms with Crippen molar-refractivity contribution >= 4 is 28.8 Å². The minimum absolute atomic E-state index is 0.208. The molecule has 7 nitrogen and oxygen atoms in total. The van der Waals surface area contributed by atoms with E-state index in [-0.39, 0.29) is 12.7 Å². The zero-order chi connectivity index (χ0) is 14.9. The molecule has 0 fully saturated rings. The lowest BCUT2D eigenvalue weighted by molar-refractivity contribution is 0.0950. The van der Waals surface area contributed by atoms with Gasteiger partial charge in [0.15, 0.2) is 17.1 Å². The molecule has 3 heterocycles. The maximum atomic E-state index is 12.2. The molecular weight excluding hydrogens is 304 g/mol. The summed E-state index contributed by atoms with van der Waals surface area (Å²) in [5.41, 5.74) is 2.57. The lowest BCUT2D eigenvalue weighted by Gasteiger charge is -2.06. The highest BCUT2D eigenvalue weighted by Crippen LogP contribution is 2.32. The van der Waals surface area contributed by atoms with Gasteiger partial charge in [-0.15, -0.1) is 0 Å². The summed E-state index contributed by atoms with van der Waals surface area (Å²) in [5, 5.41) is 2.84. The van der Waals surface area contributed by atoms with Crippen molar-refractivity contribution in [2.75, 3.05) is 6.79 Å². The number of ether oxygens (including phenoxy) is 2. The Morgan fingerprint density at radius 3 is 3.09 bits per heavy atom. The van der Waals surface area contributed by atoms with Gasteiger partial charge >= 0.3 is 0 Å². The highest BCUT2D eigenvalue weighted by Gasteiger charge is 2.14. The Morgan fingerprint density at radius 1 is 1.23 bits per heavy atom. The van der Waals surface area contributed by atoms with Crippen LogP contribution in [0, 0.1) is 0 Å². The molecule has 0 bridgehead atoms. The van der Waals surface area contributed by atoms with Crippen molar-refractivity contribution in [3.8, 4) is 11.5 Å². The predicted molar refractivity (Wildman–Crippen MR) is 78.9 cm³/mol. The highest BCUT2D eigenvalue weighted by molar-refractivity contribution is 7.00. The smallest absolute Gasteiger partial charge is 0.253 e. The standard InChI is InChI=1S/C14H10N4O3S/c19-14(9-4-10-13(15-6-9)18-22-17-10)16-5-8-1-2-11-12(3-8)21-7-20-11/h1-4,6H,5,7H2,(H,16,19). The van der Waals surface area contributed by atoms with E-state index in [1.165, 1.54) is 6.20 Å². The third kappa shape index (κ3) is 2.33. The highest BCUT2D eigenvalue weighted by atomic mass is 32.1. The normalized spacial score (nSPS) is 12.5. The monoisotopic (exact) mass is 314 g/mol. The molecule has 110 valence electrons. The van der Waals surface area contributed by atoms with E-state index in [0.717, 1.165) is 23.0 Å². The molecule has 3 aromatic rings. The fourth-order valence-electron chi connectivity index (χ4n) is 2.15. The second kappa shape index (κ2) is 5.23. The van der Waals surface area contributed by atoms with Crippen LogP contribution in [0.3, 0.4) is 0 Å². The van der Waals surface area contributed by atoms with E-state index < -0.39 is 0 Å². The Hall–Kier alpha value is -2.74. The molecule has 0 aliphatic carbocycles. The van der Waals surface area contributed by atoms with Crippen LogP contribution < -0.4 is 14.8 Å². The Labute approximate surface area is 129 Å². The molecule has 8 heteroatoms. The van der Waals surface area contributed by atoms with Crippen LogP contribution in [0.1, 0.15) is 15.9 Å². The second-order valence-corrected chi connectivity index (χ2v) is 5.23. The van der Waals surface area contributed by atoms with Crippen molar-refractivity contribution in [2.45, 2.75) is 6.54 Å². The Bertz CT molecular complexity index is 864. The average Bonchev–Trinajstić information content (AvgIpc) is 3.19. The number of hydrogen-bond acceptors (Lipinski definition) is 7. The number of aromatic nitrogens is 3. The molecule has 0 spiro atoms. The van der Waals surface area contributed by atoms with Crippen LogP contribution in [0.5, 0.6) is 11.5 Å². The SMILES string of the molecule is O=C(NCc1ccc2c(c1)OCO2)c1cnc2nsnc2c1. The Morgan fingerprint density at radius 2 is 2.14 bits per heavy atom. The molecule has 1 amide bonds. The topological polar surface area (TPSA) is 86.2 Å². The van der Waals surface area contributed by atoms with E-state index in [0.29, 0.717) is 29.0 Å². The number of carbonyl (C=O) groups is 1. The lowest BCUT2D eigenvalue weighted by atomic mass is 10.2. The molecule has 0 atom stereocenters. The third-order valence-corrected chi connectivity index (χ3v) is 3.80. The molecule has 0 saturated heterocycles. The summed E-state index contributed by atoms with van der Waals surface area (Å²) in [5.74, 6) is 1.21. The molecule has 2 aromatic heterocycles. The molecule has 22 heavy (non-hydrogen) atoms. The molecule has 1 N–H and O–H groups in total. The van der Waals surface area contributed by atoms with Crippen molar-refractivity contribution in [2.24, 2.45) is 0 Å². The van der Waals surface area contributed by atoms with Crippen molar-refractivity contribution < 1.29 is 14.3 Å². The Kier molecular flexibility index (Phi) is 3.08. The number of nitrogens with one attached hydrogen (secondary N) is 1. The van der Waals surface area contributed by atoms with E-state index in [1.807, 2.05) is 18.2 Å². The molecule has 1 aromatic carbocycles. The van der Waals surface area contributed by atoms with Crippen LogP contribution in [0.15, 0.2) is 30.5 Å². The summed E-state index contributed by atoms with van der Waals surface area (Å²) in [7, 11) is 0. The van der Waals surface area contributed by atoms with Gasteiger partial charge in [-0.25, -0.2) is 4.98 Å². The fourth-order valence-corrected chi connectivity index (χ4v) is 2.63. The first-order valence-electron chi connectivity index (χ1n) is 6.55. The van der Waals surface area contributed by atoms with E-state index >= 15 is 0 Å². The van der Waals surface area contributed by atoms with Gasteiger partial charge < -0.3 is 14.8 Å². The van der Waals surface area contributed by atoms with Gasteiger partial charge in [0, 0.05) is 12.7 Å². The summed E-state index contributed by atoms with van der Waals surface area (Å²) >= 11 is 1.07. The van der Waals surface area contributed by atoms with Gasteiger partial charge in [0.1, 0.15) is 5.52 Å². The molecular formula is C14H10N4O3S. The van der Waals surface area contributed by atoms with E-state index in [2.05, 4.69) is 19.0 Å². The third-order valence-electron chi connectivity index (χ3n) is 3.27. The zero-order valence-electron chi connectivity index (χ0n) is 11.3. The van der Waals surface area contributed by atoms with Gasteiger partial charge in [-0.1, -0.05) is 6.07 Å². The largest absolute Gasteiger partial charge is 0.454 e. The van der Waals surface area contributed by atoms with Crippen LogP contribution in [-0.4, -0.2) is 26.4 Å². The van der Waals surface area contributed by atoms with Crippen molar-refractivity contribution in [1.29, 1.82) is 0 Å². The van der Waals surface area contributed by atoms with E-state index in [1.54, 1.807) is 6.07 Å². The summed E-state index contributed by atoms with van der Waals surface area (Å²) < 4.78 is 18.6. The van der Waals surface area contributed by atoms with E-state index in [4.69, 9.17) is 9.47 Å². The van der Waals surface area contributed by atoms with Crippen molar-refractivity contribution in [3.05, 3.63) is 41.6 Å².